The number of nitrogens with one attached hydrogen (secondary N) is 2. The molecule has 0 bridgehead atoms. The summed E-state index contributed by atoms with van der Waals surface area (Å²) in [7, 11) is 0. The molecule has 8 heteroatoms. The fourth-order valence-electron chi connectivity index (χ4n) is 2.67. The van der Waals surface area contributed by atoms with Gasteiger partial charge in [0.15, 0.2) is 10.9 Å². The lowest BCUT2D eigenvalue weighted by Crippen LogP contribution is -2.31. The van der Waals surface area contributed by atoms with Crippen molar-refractivity contribution in [2.24, 2.45) is 0 Å². The fourth-order valence-corrected chi connectivity index (χ4v) is 3.65. The van der Waals surface area contributed by atoms with E-state index >= 15 is 0 Å². The monoisotopic (exact) mass is 427 g/mol. The van der Waals surface area contributed by atoms with E-state index in [0.717, 1.165) is 5.56 Å². The Hall–Kier alpha value is -3.03. The SMILES string of the molecule is CC(=O)c1csc(NC(=O)CC(NC(=O)c2ccccc2Cl)c2ccccc2)n1. The molecule has 3 rings (SSSR count). The molecule has 0 saturated carbocycles. The van der Waals surface area contributed by atoms with Crippen LogP contribution in [0.25, 0.3) is 0 Å². The number of anilines is 1. The summed E-state index contributed by atoms with van der Waals surface area (Å²) in [4.78, 5) is 40.7. The summed E-state index contributed by atoms with van der Waals surface area (Å²) >= 11 is 7.29. The molecule has 2 N–H and O–H groups in total. The normalized spacial score (nSPS) is 11.5. The predicted molar refractivity (Wildman–Crippen MR) is 113 cm³/mol. The number of hydrogen-bond donors (Lipinski definition) is 2. The Morgan fingerprint density at radius 2 is 1.76 bits per heavy atom. The van der Waals surface area contributed by atoms with E-state index in [1.165, 1.54) is 18.3 Å². The second-order valence-electron chi connectivity index (χ2n) is 6.26. The van der Waals surface area contributed by atoms with Crippen molar-refractivity contribution in [3.05, 3.63) is 81.8 Å². The van der Waals surface area contributed by atoms with E-state index in [4.69, 9.17) is 11.6 Å². The van der Waals surface area contributed by atoms with Gasteiger partial charge < -0.3 is 10.6 Å². The molecule has 6 nitrogen and oxygen atoms in total. The van der Waals surface area contributed by atoms with Gasteiger partial charge in [-0.25, -0.2) is 4.98 Å². The highest BCUT2D eigenvalue weighted by Gasteiger charge is 2.21. The van der Waals surface area contributed by atoms with Crippen molar-refractivity contribution in [2.45, 2.75) is 19.4 Å². The zero-order valence-corrected chi connectivity index (χ0v) is 17.1. The van der Waals surface area contributed by atoms with E-state index < -0.39 is 6.04 Å². The molecule has 148 valence electrons. The topological polar surface area (TPSA) is 88.2 Å². The van der Waals surface area contributed by atoms with Crippen LogP contribution in [0, 0.1) is 0 Å². The quantitative estimate of drug-likeness (QED) is 0.543. The van der Waals surface area contributed by atoms with E-state index in [1.54, 1.807) is 29.6 Å². The van der Waals surface area contributed by atoms with E-state index in [-0.39, 0.29) is 24.0 Å². The molecule has 29 heavy (non-hydrogen) atoms. The Kier molecular flexibility index (Phi) is 6.74. The summed E-state index contributed by atoms with van der Waals surface area (Å²) in [6.45, 7) is 1.41. The minimum atomic E-state index is -0.563. The number of halogens is 1. The molecule has 0 spiro atoms. The van der Waals surface area contributed by atoms with Crippen LogP contribution in [0.15, 0.2) is 60.0 Å². The second-order valence-corrected chi connectivity index (χ2v) is 7.53. The van der Waals surface area contributed by atoms with Crippen LogP contribution >= 0.6 is 22.9 Å². The number of carbonyl (C=O) groups excluding carboxylic acids is 3. The first-order valence-electron chi connectivity index (χ1n) is 8.80. The molecule has 0 fully saturated rings. The van der Waals surface area contributed by atoms with Crippen LogP contribution in [-0.4, -0.2) is 22.6 Å². The van der Waals surface area contributed by atoms with Gasteiger partial charge in [0.1, 0.15) is 5.69 Å². The van der Waals surface area contributed by atoms with Gasteiger partial charge >= 0.3 is 0 Å². The Labute approximate surface area is 176 Å². The number of carbonyl (C=O) groups is 3. The Bertz CT molecular complexity index is 1040. The Balaban J connectivity index is 1.75. The molecule has 0 saturated heterocycles. The predicted octanol–water partition coefficient (Wildman–Crippen LogP) is 4.50. The molecule has 0 aliphatic rings. The molecule has 1 aromatic heterocycles. The number of aromatic nitrogens is 1. The van der Waals surface area contributed by atoms with Gasteiger partial charge in [0.05, 0.1) is 23.0 Å². The van der Waals surface area contributed by atoms with Gasteiger partial charge in [-0.2, -0.15) is 0 Å². The van der Waals surface area contributed by atoms with Gasteiger partial charge in [-0.15, -0.1) is 11.3 Å². The summed E-state index contributed by atoms with van der Waals surface area (Å²) in [5, 5.41) is 7.82. The number of amides is 2. The van der Waals surface area contributed by atoms with E-state index in [1.807, 2.05) is 30.3 Å². The third-order valence-corrected chi connectivity index (χ3v) is 5.21. The number of hydrogen-bond acceptors (Lipinski definition) is 5. The van der Waals surface area contributed by atoms with E-state index in [9.17, 15) is 14.4 Å². The summed E-state index contributed by atoms with van der Waals surface area (Å²) in [6, 6.07) is 15.4. The van der Waals surface area contributed by atoms with Gasteiger partial charge in [0.2, 0.25) is 5.91 Å². The molecule has 0 aliphatic carbocycles. The van der Waals surface area contributed by atoms with Gasteiger partial charge in [0, 0.05) is 12.3 Å². The summed E-state index contributed by atoms with van der Waals surface area (Å²) < 4.78 is 0. The van der Waals surface area contributed by atoms with Crippen molar-refractivity contribution in [1.82, 2.24) is 10.3 Å². The Morgan fingerprint density at radius 1 is 1.07 bits per heavy atom. The number of Topliss-reactive ketones (excluding diaryl/α,β-unsaturated/α-hetero) is 1. The molecular weight excluding hydrogens is 410 g/mol. The number of thiazole rings is 1. The molecule has 1 atom stereocenters. The van der Waals surface area contributed by atoms with Crippen LogP contribution in [0.2, 0.25) is 5.02 Å². The maximum absolute atomic E-state index is 12.7. The van der Waals surface area contributed by atoms with Crippen LogP contribution in [-0.2, 0) is 4.79 Å². The van der Waals surface area contributed by atoms with E-state index in [2.05, 4.69) is 15.6 Å². The lowest BCUT2D eigenvalue weighted by molar-refractivity contribution is -0.116. The fraction of sp³-hybridized carbons (Fsp3) is 0.143. The van der Waals surface area contributed by atoms with Crippen LogP contribution in [0.1, 0.15) is 45.8 Å². The maximum atomic E-state index is 12.7. The van der Waals surface area contributed by atoms with Crippen molar-refractivity contribution in [3.63, 3.8) is 0 Å². The Morgan fingerprint density at radius 3 is 2.41 bits per heavy atom. The molecule has 2 aromatic carbocycles. The third-order valence-electron chi connectivity index (χ3n) is 4.13. The van der Waals surface area contributed by atoms with E-state index in [0.29, 0.717) is 21.4 Å². The molecule has 1 unspecified atom stereocenters. The van der Waals surface area contributed by atoms with Gasteiger partial charge in [-0.3, -0.25) is 14.4 Å². The zero-order chi connectivity index (χ0) is 20.8. The number of rotatable bonds is 7. The van der Waals surface area contributed by atoms with Crippen molar-refractivity contribution >= 4 is 45.7 Å². The summed E-state index contributed by atoms with van der Waals surface area (Å²) in [6.07, 6.45) is -0.00477. The largest absolute Gasteiger partial charge is 0.345 e. The number of benzene rings is 2. The van der Waals surface area contributed by atoms with Crippen LogP contribution < -0.4 is 10.6 Å². The highest BCUT2D eigenvalue weighted by Crippen LogP contribution is 2.22. The number of nitrogens with zero attached hydrogens (tertiary/aromatic N) is 1. The standard InChI is InChI=1S/C21H18ClN3O3S/c1-13(26)18-12-29-21(24-18)25-19(27)11-17(14-7-3-2-4-8-14)23-20(28)15-9-5-6-10-16(15)22/h2-10,12,17H,11H2,1H3,(H,23,28)(H,24,25,27). The van der Waals surface area contributed by atoms with Gasteiger partial charge in [0.25, 0.3) is 5.91 Å². The molecular formula is C21H18ClN3O3S. The van der Waals surface area contributed by atoms with Crippen LogP contribution in [0.3, 0.4) is 0 Å². The smallest absolute Gasteiger partial charge is 0.253 e. The third kappa shape index (κ3) is 5.49. The van der Waals surface area contributed by atoms with Gasteiger partial charge in [-0.1, -0.05) is 54.1 Å². The minimum absolute atomic E-state index is 0.00477. The number of ketones is 1. The maximum Gasteiger partial charge on any atom is 0.253 e. The first-order chi connectivity index (χ1) is 13.9. The van der Waals surface area contributed by atoms with Gasteiger partial charge in [-0.05, 0) is 17.7 Å². The second kappa shape index (κ2) is 9.45. The average Bonchev–Trinajstić information content (AvgIpc) is 3.17. The molecule has 0 aliphatic heterocycles. The van der Waals surface area contributed by atoms with Crippen LogP contribution in [0.4, 0.5) is 5.13 Å². The highest BCUT2D eigenvalue weighted by atomic mass is 35.5. The summed E-state index contributed by atoms with van der Waals surface area (Å²) in [5.74, 6) is -0.871. The lowest BCUT2D eigenvalue weighted by Gasteiger charge is -2.19. The summed E-state index contributed by atoms with van der Waals surface area (Å²) in [5.41, 5.74) is 1.42. The van der Waals surface area contributed by atoms with Crippen molar-refractivity contribution in [3.8, 4) is 0 Å². The van der Waals surface area contributed by atoms with Crippen molar-refractivity contribution in [1.29, 1.82) is 0 Å². The van der Waals surface area contributed by atoms with Crippen LogP contribution in [0.5, 0.6) is 0 Å². The average molecular weight is 428 g/mol. The first-order valence-corrected chi connectivity index (χ1v) is 10.1. The van der Waals surface area contributed by atoms with Crippen molar-refractivity contribution in [2.75, 3.05) is 5.32 Å². The lowest BCUT2D eigenvalue weighted by atomic mass is 10.0. The molecule has 1 heterocycles. The highest BCUT2D eigenvalue weighted by molar-refractivity contribution is 7.14. The molecule has 2 amide bonds. The zero-order valence-electron chi connectivity index (χ0n) is 15.5. The molecule has 0 radical (unpaired) electrons. The van der Waals surface area contributed by atoms with Crippen molar-refractivity contribution < 1.29 is 14.4 Å². The first kappa shape index (κ1) is 20.7. The molecule has 3 aromatic rings. The minimum Gasteiger partial charge on any atom is -0.345 e.